The molecule has 2 aliphatic rings. The summed E-state index contributed by atoms with van der Waals surface area (Å²) in [7, 11) is 1.75. The molecule has 1 unspecified atom stereocenters. The van der Waals surface area contributed by atoms with Gasteiger partial charge in [-0.25, -0.2) is 4.39 Å². The molecule has 3 rings (SSSR count). The first-order chi connectivity index (χ1) is 15.5. The van der Waals surface area contributed by atoms with Gasteiger partial charge in [0, 0.05) is 66.0 Å². The number of hydrogen-bond acceptors (Lipinski definition) is 5. The highest BCUT2D eigenvalue weighted by Gasteiger charge is 2.21. The van der Waals surface area contributed by atoms with Gasteiger partial charge in [0.1, 0.15) is 5.82 Å². The van der Waals surface area contributed by atoms with Crippen molar-refractivity contribution < 1.29 is 9.13 Å². The predicted octanol–water partition coefficient (Wildman–Crippen LogP) is 2.61. The first-order valence-corrected chi connectivity index (χ1v) is 12.0. The Bertz CT molecular complexity index is 742. The number of nitrogens with zero attached hydrogens (tertiary/aromatic N) is 4. The third kappa shape index (κ3) is 8.84. The summed E-state index contributed by atoms with van der Waals surface area (Å²) in [4.78, 5) is 11.3. The minimum atomic E-state index is -0.155. The van der Waals surface area contributed by atoms with Gasteiger partial charge in [-0.3, -0.25) is 9.89 Å². The molecule has 2 heterocycles. The van der Waals surface area contributed by atoms with E-state index >= 15 is 0 Å². The lowest BCUT2D eigenvalue weighted by Crippen LogP contribution is -2.50. The Kier molecular flexibility index (Phi) is 12.1. The number of aliphatic imine (C=N–C) groups is 1. The van der Waals surface area contributed by atoms with Gasteiger partial charge < -0.3 is 25.2 Å². The van der Waals surface area contributed by atoms with Gasteiger partial charge in [-0.1, -0.05) is 26.8 Å². The van der Waals surface area contributed by atoms with Crippen molar-refractivity contribution in [2.45, 2.75) is 33.4 Å². The molecule has 0 spiro atoms. The van der Waals surface area contributed by atoms with E-state index in [1.54, 1.807) is 13.1 Å². The number of morpholine rings is 1. The molecule has 0 aliphatic carbocycles. The van der Waals surface area contributed by atoms with Gasteiger partial charge >= 0.3 is 0 Å². The molecule has 0 amide bonds. The number of likely N-dealkylation sites (N-methyl/N-ethyl adjacent to an activating group) is 1. The normalized spacial score (nSPS) is 20.6. The zero-order valence-corrected chi connectivity index (χ0v) is 23.0. The smallest absolute Gasteiger partial charge is 0.191 e. The summed E-state index contributed by atoms with van der Waals surface area (Å²) >= 11 is 0. The molecule has 2 saturated heterocycles. The van der Waals surface area contributed by atoms with Gasteiger partial charge in [-0.05, 0) is 30.2 Å². The largest absolute Gasteiger partial charge is 0.374 e. The van der Waals surface area contributed by atoms with Crippen LogP contribution < -0.4 is 15.5 Å². The van der Waals surface area contributed by atoms with E-state index in [1.807, 2.05) is 12.1 Å². The summed E-state index contributed by atoms with van der Waals surface area (Å²) in [6, 6.07) is 5.54. The van der Waals surface area contributed by atoms with Crippen LogP contribution in [0.15, 0.2) is 23.2 Å². The zero-order valence-electron chi connectivity index (χ0n) is 20.6. The number of piperazine rings is 1. The van der Waals surface area contributed by atoms with Crippen molar-refractivity contribution in [2.24, 2.45) is 10.9 Å². The Hall–Kier alpha value is -1.17. The highest BCUT2D eigenvalue weighted by atomic mass is 127. The maximum atomic E-state index is 14.8. The molecular weight excluding hydrogens is 534 g/mol. The minimum absolute atomic E-state index is 0. The SMILES string of the molecule is CCN1CCN(c2ccc(CNC(=NC)NCC3CN(CC(C)C)CCO3)cc2F)CC1.I. The molecule has 0 saturated carbocycles. The summed E-state index contributed by atoms with van der Waals surface area (Å²) in [6.07, 6.45) is 0.144. The number of anilines is 1. The number of nitrogens with one attached hydrogen (secondary N) is 2. The monoisotopic (exact) mass is 576 g/mol. The second-order valence-electron chi connectivity index (χ2n) is 9.16. The Morgan fingerprint density at radius 3 is 2.55 bits per heavy atom. The van der Waals surface area contributed by atoms with Crippen LogP contribution in [0.4, 0.5) is 10.1 Å². The van der Waals surface area contributed by atoms with Crippen LogP contribution in [-0.4, -0.2) is 94.4 Å². The zero-order chi connectivity index (χ0) is 22.9. The van der Waals surface area contributed by atoms with Crippen molar-refractivity contribution >= 4 is 35.6 Å². The average Bonchev–Trinajstić information content (AvgIpc) is 2.79. The first-order valence-electron chi connectivity index (χ1n) is 12.0. The van der Waals surface area contributed by atoms with Crippen LogP contribution in [0.3, 0.4) is 0 Å². The molecule has 2 fully saturated rings. The van der Waals surface area contributed by atoms with E-state index in [0.717, 1.165) is 64.5 Å². The summed E-state index contributed by atoms with van der Waals surface area (Å²) in [6.45, 7) is 16.5. The molecule has 0 radical (unpaired) electrons. The van der Waals surface area contributed by atoms with Crippen LogP contribution in [0.25, 0.3) is 0 Å². The molecule has 1 aromatic rings. The third-order valence-corrected chi connectivity index (χ3v) is 6.20. The van der Waals surface area contributed by atoms with Gasteiger partial charge in [0.2, 0.25) is 0 Å². The van der Waals surface area contributed by atoms with Crippen LogP contribution in [0.2, 0.25) is 0 Å². The summed E-state index contributed by atoms with van der Waals surface area (Å²) < 4.78 is 20.7. The van der Waals surface area contributed by atoms with Crippen LogP contribution >= 0.6 is 24.0 Å². The number of halogens is 2. The van der Waals surface area contributed by atoms with Crippen LogP contribution in [-0.2, 0) is 11.3 Å². The van der Waals surface area contributed by atoms with Crippen molar-refractivity contribution in [2.75, 3.05) is 77.5 Å². The number of hydrogen-bond donors (Lipinski definition) is 2. The minimum Gasteiger partial charge on any atom is -0.374 e. The molecule has 2 N–H and O–H groups in total. The highest BCUT2D eigenvalue weighted by Crippen LogP contribution is 2.22. The molecule has 0 bridgehead atoms. The molecular formula is C24H42FIN6O. The van der Waals surface area contributed by atoms with Gasteiger partial charge in [-0.15, -0.1) is 24.0 Å². The third-order valence-electron chi connectivity index (χ3n) is 6.20. The molecule has 7 nitrogen and oxygen atoms in total. The van der Waals surface area contributed by atoms with Crippen molar-refractivity contribution in [3.63, 3.8) is 0 Å². The van der Waals surface area contributed by atoms with E-state index in [4.69, 9.17) is 4.74 Å². The predicted molar refractivity (Wildman–Crippen MR) is 145 cm³/mol. The first kappa shape index (κ1) is 28.1. The summed E-state index contributed by atoms with van der Waals surface area (Å²) in [5.74, 6) is 1.21. The van der Waals surface area contributed by atoms with Crippen molar-refractivity contribution in [1.82, 2.24) is 20.4 Å². The van der Waals surface area contributed by atoms with Gasteiger partial charge in [-0.2, -0.15) is 0 Å². The second-order valence-corrected chi connectivity index (χ2v) is 9.16. The van der Waals surface area contributed by atoms with E-state index < -0.39 is 0 Å². The Labute approximate surface area is 216 Å². The van der Waals surface area contributed by atoms with E-state index in [0.29, 0.717) is 30.7 Å². The van der Waals surface area contributed by atoms with Crippen LogP contribution in [0.5, 0.6) is 0 Å². The summed E-state index contributed by atoms with van der Waals surface area (Å²) in [5.41, 5.74) is 1.60. The van der Waals surface area contributed by atoms with E-state index in [2.05, 4.69) is 51.1 Å². The second kappa shape index (κ2) is 14.3. The molecule has 188 valence electrons. The Morgan fingerprint density at radius 1 is 1.15 bits per heavy atom. The molecule has 1 aromatic carbocycles. The van der Waals surface area contributed by atoms with Gasteiger partial charge in [0.15, 0.2) is 5.96 Å². The lowest BCUT2D eigenvalue weighted by Gasteiger charge is -2.35. The van der Waals surface area contributed by atoms with Gasteiger partial charge in [0.05, 0.1) is 18.4 Å². The molecule has 33 heavy (non-hydrogen) atoms. The number of ether oxygens (including phenoxy) is 1. The quantitative estimate of drug-likeness (QED) is 0.282. The van der Waals surface area contributed by atoms with Crippen LogP contribution in [0, 0.1) is 11.7 Å². The molecule has 9 heteroatoms. The van der Waals surface area contributed by atoms with Crippen molar-refractivity contribution in [3.05, 3.63) is 29.6 Å². The highest BCUT2D eigenvalue weighted by molar-refractivity contribution is 14.0. The maximum Gasteiger partial charge on any atom is 0.191 e. The van der Waals surface area contributed by atoms with Crippen molar-refractivity contribution in [3.8, 4) is 0 Å². The lowest BCUT2D eigenvalue weighted by atomic mass is 10.1. The fourth-order valence-corrected chi connectivity index (χ4v) is 4.42. The average molecular weight is 577 g/mol. The summed E-state index contributed by atoms with van der Waals surface area (Å²) in [5, 5.41) is 6.64. The fourth-order valence-electron chi connectivity index (χ4n) is 4.42. The Balaban J connectivity index is 0.00000385. The van der Waals surface area contributed by atoms with E-state index in [1.165, 1.54) is 0 Å². The van der Waals surface area contributed by atoms with Crippen LogP contribution in [0.1, 0.15) is 26.3 Å². The number of guanidine groups is 1. The Morgan fingerprint density at radius 2 is 1.91 bits per heavy atom. The maximum absolute atomic E-state index is 14.8. The van der Waals surface area contributed by atoms with E-state index in [9.17, 15) is 4.39 Å². The topological polar surface area (TPSA) is 55.4 Å². The fraction of sp³-hybridized carbons (Fsp3) is 0.708. The number of benzene rings is 1. The lowest BCUT2D eigenvalue weighted by molar-refractivity contribution is -0.0284. The molecule has 0 aromatic heterocycles. The number of rotatable bonds is 8. The molecule has 1 atom stereocenters. The molecule has 2 aliphatic heterocycles. The van der Waals surface area contributed by atoms with Crippen molar-refractivity contribution in [1.29, 1.82) is 0 Å². The standard InChI is InChI=1S/C24H41FN6O.HI/c1-5-29-8-10-31(11-9-29)23-7-6-20(14-22(23)25)15-27-24(26-4)28-16-21-18-30(12-13-32-21)17-19(2)3;/h6-7,14,19,21H,5,8-13,15-18H2,1-4H3,(H2,26,27,28);1H. The van der Waals surface area contributed by atoms with E-state index in [-0.39, 0.29) is 35.9 Å². The van der Waals surface area contributed by atoms with Gasteiger partial charge in [0.25, 0.3) is 0 Å².